The molecular weight excluding hydrogens is 266 g/mol. The van der Waals surface area contributed by atoms with Crippen molar-refractivity contribution >= 4 is 10.0 Å². The zero-order chi connectivity index (χ0) is 14.5. The highest BCUT2D eigenvalue weighted by Crippen LogP contribution is 2.24. The predicted molar refractivity (Wildman–Crippen MR) is 72.4 cm³/mol. The predicted octanol–water partition coefficient (Wildman–Crippen LogP) is 0.484. The quantitative estimate of drug-likeness (QED) is 0.771. The molecule has 0 saturated carbocycles. The third kappa shape index (κ3) is 3.47. The zero-order valence-corrected chi connectivity index (χ0v) is 11.8. The Labute approximate surface area is 113 Å². The minimum Gasteiger partial charge on any atom is -0.497 e. The number of rotatable bonds is 6. The Kier molecular flexibility index (Phi) is 5.36. The third-order valence-electron chi connectivity index (χ3n) is 2.65. The molecule has 0 aliphatic carbocycles. The van der Waals surface area contributed by atoms with Crippen LogP contribution in [-0.4, -0.2) is 45.1 Å². The van der Waals surface area contributed by atoms with Crippen LogP contribution in [-0.2, 0) is 16.4 Å². The number of hydrogen-bond donors (Lipinski definition) is 1. The molecule has 1 aromatic rings. The molecule has 0 amide bonds. The van der Waals surface area contributed by atoms with Crippen LogP contribution in [0.3, 0.4) is 0 Å². The van der Waals surface area contributed by atoms with Gasteiger partial charge in [-0.25, -0.2) is 8.42 Å². The molecule has 1 aromatic carbocycles. The van der Waals surface area contributed by atoms with Gasteiger partial charge in [0.15, 0.2) is 0 Å². The number of terminal acetylenes is 1. The Morgan fingerprint density at radius 2 is 2.16 bits per heavy atom. The van der Waals surface area contributed by atoms with E-state index in [1.807, 2.05) is 0 Å². The van der Waals surface area contributed by atoms with Gasteiger partial charge in [-0.3, -0.25) is 0 Å². The number of ether oxygens (including phenoxy) is 1. The van der Waals surface area contributed by atoms with Gasteiger partial charge < -0.3 is 9.84 Å². The normalized spacial score (nSPS) is 11.3. The minimum absolute atomic E-state index is 0.00702. The second-order valence-corrected chi connectivity index (χ2v) is 5.93. The monoisotopic (exact) mass is 283 g/mol. The number of aliphatic hydroxyl groups is 1. The van der Waals surface area contributed by atoms with Crippen molar-refractivity contribution in [2.24, 2.45) is 0 Å². The fourth-order valence-electron chi connectivity index (χ4n) is 1.63. The molecule has 0 atom stereocenters. The average Bonchev–Trinajstić information content (AvgIpc) is 2.39. The molecule has 0 aliphatic rings. The van der Waals surface area contributed by atoms with Gasteiger partial charge in [-0.2, -0.15) is 4.31 Å². The smallest absolute Gasteiger partial charge is 0.243 e. The molecule has 0 saturated heterocycles. The van der Waals surface area contributed by atoms with E-state index in [1.165, 1.54) is 20.2 Å². The van der Waals surface area contributed by atoms with Crippen LogP contribution >= 0.6 is 0 Å². The topological polar surface area (TPSA) is 66.8 Å². The van der Waals surface area contributed by atoms with Gasteiger partial charge in [0.1, 0.15) is 5.75 Å². The van der Waals surface area contributed by atoms with Crippen LogP contribution in [0.25, 0.3) is 0 Å². The molecule has 1 rings (SSSR count). The van der Waals surface area contributed by atoms with E-state index in [0.717, 1.165) is 4.31 Å². The number of aliphatic hydroxyl groups excluding tert-OH is 1. The van der Waals surface area contributed by atoms with Crippen LogP contribution in [0, 0.1) is 12.3 Å². The summed E-state index contributed by atoms with van der Waals surface area (Å²) in [6.07, 6.45) is 5.36. The summed E-state index contributed by atoms with van der Waals surface area (Å²) in [5.41, 5.74) is 0.505. The van der Waals surface area contributed by atoms with Crippen LogP contribution in [0.5, 0.6) is 5.75 Å². The summed E-state index contributed by atoms with van der Waals surface area (Å²) in [5, 5.41) is 9.03. The Balaban J connectivity index is 3.29. The largest absolute Gasteiger partial charge is 0.497 e. The van der Waals surface area contributed by atoms with Crippen LogP contribution < -0.4 is 4.74 Å². The first-order valence-corrected chi connectivity index (χ1v) is 7.09. The Hall–Kier alpha value is -1.55. The van der Waals surface area contributed by atoms with Crippen molar-refractivity contribution in [1.29, 1.82) is 0 Å². The second kappa shape index (κ2) is 6.57. The van der Waals surface area contributed by atoms with E-state index in [4.69, 9.17) is 16.3 Å². The molecule has 0 heterocycles. The molecule has 0 bridgehead atoms. The second-order valence-electron chi connectivity index (χ2n) is 3.91. The lowest BCUT2D eigenvalue weighted by molar-refractivity contribution is 0.298. The van der Waals surface area contributed by atoms with Crippen LogP contribution in [0.15, 0.2) is 23.1 Å². The maximum absolute atomic E-state index is 12.3. The highest BCUT2D eigenvalue weighted by molar-refractivity contribution is 7.89. The van der Waals surface area contributed by atoms with E-state index in [-0.39, 0.29) is 24.5 Å². The van der Waals surface area contributed by atoms with E-state index in [0.29, 0.717) is 11.3 Å². The van der Waals surface area contributed by atoms with Crippen molar-refractivity contribution in [2.75, 3.05) is 27.3 Å². The lowest BCUT2D eigenvalue weighted by atomic mass is 10.1. The van der Waals surface area contributed by atoms with Gasteiger partial charge in [-0.15, -0.1) is 6.42 Å². The number of sulfonamides is 1. The van der Waals surface area contributed by atoms with Crippen molar-refractivity contribution in [1.82, 2.24) is 4.31 Å². The Bertz CT molecular complexity index is 575. The first kappa shape index (κ1) is 15.5. The van der Waals surface area contributed by atoms with Crippen molar-refractivity contribution in [3.63, 3.8) is 0 Å². The first-order valence-electron chi connectivity index (χ1n) is 5.65. The summed E-state index contributed by atoms with van der Waals surface area (Å²) in [7, 11) is -0.739. The number of hydrogen-bond acceptors (Lipinski definition) is 4. The Morgan fingerprint density at radius 1 is 1.47 bits per heavy atom. The van der Waals surface area contributed by atoms with Crippen molar-refractivity contribution in [2.45, 2.75) is 11.3 Å². The van der Waals surface area contributed by atoms with Crippen molar-refractivity contribution in [3.05, 3.63) is 23.8 Å². The Morgan fingerprint density at radius 3 is 2.68 bits per heavy atom. The fourth-order valence-corrected chi connectivity index (χ4v) is 2.94. The van der Waals surface area contributed by atoms with Gasteiger partial charge >= 0.3 is 0 Å². The lowest BCUT2D eigenvalue weighted by Crippen LogP contribution is -2.28. The molecule has 0 fully saturated rings. The molecule has 19 heavy (non-hydrogen) atoms. The maximum Gasteiger partial charge on any atom is 0.243 e. The molecule has 0 radical (unpaired) electrons. The van der Waals surface area contributed by atoms with Gasteiger partial charge in [0.2, 0.25) is 10.0 Å². The number of methoxy groups -OCH3 is 1. The summed E-state index contributed by atoms with van der Waals surface area (Å²) >= 11 is 0. The van der Waals surface area contributed by atoms with E-state index in [1.54, 1.807) is 12.1 Å². The molecule has 104 valence electrons. The van der Waals surface area contributed by atoms with Crippen molar-refractivity contribution < 1.29 is 18.3 Å². The van der Waals surface area contributed by atoms with Gasteiger partial charge in [0, 0.05) is 13.7 Å². The van der Waals surface area contributed by atoms with E-state index >= 15 is 0 Å². The van der Waals surface area contributed by atoms with Gasteiger partial charge in [0.05, 0.1) is 18.6 Å². The fraction of sp³-hybridized carbons (Fsp3) is 0.385. The van der Waals surface area contributed by atoms with E-state index < -0.39 is 10.0 Å². The maximum atomic E-state index is 12.3. The molecule has 5 nitrogen and oxygen atoms in total. The molecule has 0 spiro atoms. The van der Waals surface area contributed by atoms with Crippen LogP contribution in [0.1, 0.15) is 5.56 Å². The van der Waals surface area contributed by atoms with E-state index in [2.05, 4.69) is 5.92 Å². The molecule has 1 N–H and O–H groups in total. The standard InChI is InChI=1S/C13H17NO4S/c1-4-8-14(2)19(16,17)13-6-5-12(18-3)10-11(13)7-9-15/h1,5-6,10,15H,7-9H2,2-3H3. The first-order chi connectivity index (χ1) is 8.97. The van der Waals surface area contributed by atoms with Gasteiger partial charge in [-0.05, 0) is 30.2 Å². The summed E-state index contributed by atoms with van der Waals surface area (Å²) in [6.45, 7) is -0.151. The van der Waals surface area contributed by atoms with Gasteiger partial charge in [0.25, 0.3) is 0 Å². The number of benzene rings is 1. The molecular formula is C13H17NO4S. The average molecular weight is 283 g/mol. The summed E-state index contributed by atoms with van der Waals surface area (Å²) in [4.78, 5) is 0.139. The lowest BCUT2D eigenvalue weighted by Gasteiger charge is -2.17. The summed E-state index contributed by atoms with van der Waals surface area (Å²) < 4.78 is 30.8. The highest BCUT2D eigenvalue weighted by Gasteiger charge is 2.23. The van der Waals surface area contributed by atoms with Crippen LogP contribution in [0.4, 0.5) is 0 Å². The molecule has 6 heteroatoms. The summed E-state index contributed by atoms with van der Waals surface area (Å²) in [6, 6.07) is 4.64. The number of nitrogens with zero attached hydrogens (tertiary/aromatic N) is 1. The highest BCUT2D eigenvalue weighted by atomic mass is 32.2. The zero-order valence-electron chi connectivity index (χ0n) is 11.0. The SMILES string of the molecule is C#CCN(C)S(=O)(=O)c1ccc(OC)cc1CCO. The van der Waals surface area contributed by atoms with Crippen molar-refractivity contribution in [3.8, 4) is 18.1 Å². The van der Waals surface area contributed by atoms with Crippen LogP contribution in [0.2, 0.25) is 0 Å². The minimum atomic E-state index is -3.65. The molecule has 0 aromatic heterocycles. The third-order valence-corrected chi connectivity index (χ3v) is 4.55. The summed E-state index contributed by atoms with van der Waals surface area (Å²) in [5.74, 6) is 2.83. The molecule has 0 aliphatic heterocycles. The molecule has 0 unspecified atom stereocenters. The van der Waals surface area contributed by atoms with Gasteiger partial charge in [-0.1, -0.05) is 5.92 Å². The van der Waals surface area contributed by atoms with E-state index in [9.17, 15) is 8.42 Å².